The predicted octanol–water partition coefficient (Wildman–Crippen LogP) is 6.71. The highest BCUT2D eigenvalue weighted by Crippen LogP contribution is 2.25. The lowest BCUT2D eigenvalue weighted by Gasteiger charge is -2.35. The maximum atomic E-state index is 13.7. The average Bonchev–Trinajstić information content (AvgIpc) is 3.41. The highest BCUT2D eigenvalue weighted by atomic mass is 32.1. The van der Waals surface area contributed by atoms with Crippen LogP contribution in [0, 0.1) is 0 Å². The number of carbonyl (C=O) groups excluding carboxylic acids is 2. The molecule has 1 heterocycles. The summed E-state index contributed by atoms with van der Waals surface area (Å²) in [7, 11) is 0. The molecule has 5 nitrogen and oxygen atoms in total. The van der Waals surface area contributed by atoms with Gasteiger partial charge in [-0.3, -0.25) is 4.79 Å². The zero-order valence-electron chi connectivity index (χ0n) is 20.5. The number of hydrogen-bond donors (Lipinski definition) is 1. The topological polar surface area (TPSA) is 52.7 Å². The maximum Gasteiger partial charge on any atom is 0.322 e. The number of nitrogens with one attached hydrogen (secondary N) is 1. The molecule has 0 saturated heterocycles. The fourth-order valence-corrected chi connectivity index (χ4v) is 5.49. The normalized spacial score (nSPS) is 13.9. The van der Waals surface area contributed by atoms with E-state index < -0.39 is 0 Å². The number of para-hydroxylation sites is 1. The first-order chi connectivity index (χ1) is 17.1. The van der Waals surface area contributed by atoms with E-state index in [0.717, 1.165) is 53.8 Å². The third-order valence-corrected chi connectivity index (χ3v) is 7.58. The van der Waals surface area contributed by atoms with E-state index in [1.54, 1.807) is 16.2 Å². The van der Waals surface area contributed by atoms with Crippen LogP contribution in [-0.4, -0.2) is 34.3 Å². The van der Waals surface area contributed by atoms with Gasteiger partial charge in [-0.25, -0.2) is 4.79 Å². The van der Waals surface area contributed by atoms with E-state index >= 15 is 0 Å². The summed E-state index contributed by atoms with van der Waals surface area (Å²) >= 11 is 1.65. The standard InChI is InChI=1S/C29H35N3O2S/c1-2-24-14-9-10-18-27(24)30-29(34)32(25-15-7-4-8-16-25)22-28(33)31(21-26-17-11-19-35-26)20-23-12-5-3-6-13-23/h3,5-6,9-14,17-19,25H,2,4,7-8,15-16,20-22H2,1H3,(H,30,34). The first-order valence-corrected chi connectivity index (χ1v) is 13.5. The van der Waals surface area contributed by atoms with Gasteiger partial charge in [-0.15, -0.1) is 11.3 Å². The molecule has 1 N–H and O–H groups in total. The first-order valence-electron chi connectivity index (χ1n) is 12.6. The first kappa shape index (κ1) is 25.0. The number of hydrogen-bond acceptors (Lipinski definition) is 3. The van der Waals surface area contributed by atoms with Gasteiger partial charge in [0.2, 0.25) is 5.91 Å². The van der Waals surface area contributed by atoms with E-state index in [1.165, 1.54) is 6.42 Å². The van der Waals surface area contributed by atoms with Crippen LogP contribution in [0.2, 0.25) is 0 Å². The summed E-state index contributed by atoms with van der Waals surface area (Å²) in [5, 5.41) is 5.15. The largest absolute Gasteiger partial charge is 0.332 e. The van der Waals surface area contributed by atoms with Crippen molar-refractivity contribution in [2.24, 2.45) is 0 Å². The molecule has 35 heavy (non-hydrogen) atoms. The summed E-state index contributed by atoms with van der Waals surface area (Å²) in [5.74, 6) is -0.0215. The van der Waals surface area contributed by atoms with Crippen molar-refractivity contribution in [3.63, 3.8) is 0 Å². The van der Waals surface area contributed by atoms with Crippen LogP contribution in [-0.2, 0) is 24.3 Å². The molecule has 1 aliphatic rings. The Morgan fingerprint density at radius 3 is 2.37 bits per heavy atom. The predicted molar refractivity (Wildman–Crippen MR) is 143 cm³/mol. The second kappa shape index (κ2) is 12.5. The van der Waals surface area contributed by atoms with Crippen LogP contribution in [0.15, 0.2) is 72.1 Å². The molecule has 1 aromatic heterocycles. The molecule has 1 fully saturated rings. The number of benzene rings is 2. The van der Waals surface area contributed by atoms with Gasteiger partial charge in [-0.1, -0.05) is 80.8 Å². The van der Waals surface area contributed by atoms with Crippen LogP contribution in [0.3, 0.4) is 0 Å². The van der Waals surface area contributed by atoms with Crippen LogP contribution in [0.5, 0.6) is 0 Å². The van der Waals surface area contributed by atoms with Crippen LogP contribution < -0.4 is 5.32 Å². The fraction of sp³-hybridized carbons (Fsp3) is 0.379. The maximum absolute atomic E-state index is 13.7. The van der Waals surface area contributed by atoms with E-state index in [1.807, 2.05) is 70.9 Å². The lowest BCUT2D eigenvalue weighted by atomic mass is 9.94. The molecule has 4 rings (SSSR count). The Morgan fingerprint density at radius 1 is 0.914 bits per heavy atom. The van der Waals surface area contributed by atoms with Crippen LogP contribution in [0.1, 0.15) is 55.0 Å². The molecule has 1 aliphatic carbocycles. The van der Waals surface area contributed by atoms with E-state index in [-0.39, 0.29) is 24.5 Å². The van der Waals surface area contributed by atoms with Gasteiger partial charge in [-0.2, -0.15) is 0 Å². The number of urea groups is 1. The molecule has 0 atom stereocenters. The van der Waals surface area contributed by atoms with Gasteiger partial charge < -0.3 is 15.1 Å². The van der Waals surface area contributed by atoms with Crippen molar-refractivity contribution in [1.29, 1.82) is 0 Å². The summed E-state index contributed by atoms with van der Waals surface area (Å²) in [4.78, 5) is 32.1. The zero-order chi connectivity index (χ0) is 24.5. The van der Waals surface area contributed by atoms with Crippen molar-refractivity contribution < 1.29 is 9.59 Å². The Bertz CT molecular complexity index is 1080. The van der Waals surface area contributed by atoms with Gasteiger partial charge in [0.15, 0.2) is 0 Å². The summed E-state index contributed by atoms with van der Waals surface area (Å²) in [5.41, 5.74) is 3.01. The minimum absolute atomic E-state index is 0.0215. The molecule has 0 spiro atoms. The van der Waals surface area contributed by atoms with Crippen molar-refractivity contribution in [1.82, 2.24) is 9.80 Å². The monoisotopic (exact) mass is 489 g/mol. The summed E-state index contributed by atoms with van der Waals surface area (Å²) in [6, 6.07) is 21.9. The number of amides is 3. The van der Waals surface area contributed by atoms with E-state index in [9.17, 15) is 9.59 Å². The molecular weight excluding hydrogens is 454 g/mol. The van der Waals surface area contributed by atoms with Gasteiger partial charge in [0.1, 0.15) is 6.54 Å². The molecule has 0 unspecified atom stereocenters. The van der Waals surface area contributed by atoms with Gasteiger partial charge >= 0.3 is 6.03 Å². The fourth-order valence-electron chi connectivity index (χ4n) is 4.77. The Hall–Kier alpha value is -3.12. The second-order valence-corrected chi connectivity index (χ2v) is 10.2. The molecule has 0 aliphatic heterocycles. The molecule has 3 amide bonds. The SMILES string of the molecule is CCc1ccccc1NC(=O)N(CC(=O)N(Cc1ccccc1)Cc1cccs1)C1CCCCC1. The highest BCUT2D eigenvalue weighted by Gasteiger charge is 2.29. The average molecular weight is 490 g/mol. The van der Waals surface area contributed by atoms with Gasteiger partial charge in [0.05, 0.1) is 6.54 Å². The molecule has 1 saturated carbocycles. The van der Waals surface area contributed by atoms with Gasteiger partial charge in [-0.05, 0) is 47.9 Å². The van der Waals surface area contributed by atoms with Crippen molar-refractivity contribution in [3.8, 4) is 0 Å². The van der Waals surface area contributed by atoms with E-state index in [4.69, 9.17) is 0 Å². The summed E-state index contributed by atoms with van der Waals surface area (Å²) in [6.45, 7) is 3.24. The number of carbonyl (C=O) groups is 2. The third kappa shape index (κ3) is 6.95. The number of nitrogens with zero attached hydrogens (tertiary/aromatic N) is 2. The molecular formula is C29H35N3O2S. The minimum atomic E-state index is -0.179. The Kier molecular flexibility index (Phi) is 8.96. The molecule has 184 valence electrons. The van der Waals surface area contributed by atoms with Gasteiger partial charge in [0.25, 0.3) is 0 Å². The van der Waals surface area contributed by atoms with Crippen LogP contribution in [0.25, 0.3) is 0 Å². The quantitative estimate of drug-likeness (QED) is 0.363. The molecule has 2 aromatic carbocycles. The van der Waals surface area contributed by atoms with Crippen molar-refractivity contribution in [2.45, 2.75) is 64.6 Å². The van der Waals surface area contributed by atoms with Crippen molar-refractivity contribution in [3.05, 3.63) is 88.1 Å². The number of rotatable bonds is 9. The third-order valence-electron chi connectivity index (χ3n) is 6.72. The second-order valence-electron chi connectivity index (χ2n) is 9.18. The number of aryl methyl sites for hydroxylation is 1. The van der Waals surface area contributed by atoms with Crippen LogP contribution >= 0.6 is 11.3 Å². The Balaban J connectivity index is 1.54. The zero-order valence-corrected chi connectivity index (χ0v) is 21.3. The molecule has 3 aromatic rings. The highest BCUT2D eigenvalue weighted by molar-refractivity contribution is 7.09. The summed E-state index contributed by atoms with van der Waals surface area (Å²) < 4.78 is 0. The lowest BCUT2D eigenvalue weighted by molar-refractivity contribution is -0.133. The Morgan fingerprint density at radius 2 is 1.66 bits per heavy atom. The molecule has 6 heteroatoms. The summed E-state index contributed by atoms with van der Waals surface area (Å²) in [6.07, 6.45) is 6.11. The van der Waals surface area contributed by atoms with Crippen LogP contribution in [0.4, 0.5) is 10.5 Å². The van der Waals surface area contributed by atoms with E-state index in [2.05, 4.69) is 18.3 Å². The van der Waals surface area contributed by atoms with Crippen molar-refractivity contribution in [2.75, 3.05) is 11.9 Å². The Labute approximate surface area is 212 Å². The van der Waals surface area contributed by atoms with E-state index in [0.29, 0.717) is 13.1 Å². The number of anilines is 1. The smallest absolute Gasteiger partial charge is 0.322 e. The van der Waals surface area contributed by atoms with Crippen molar-refractivity contribution >= 4 is 29.0 Å². The van der Waals surface area contributed by atoms with Gasteiger partial charge in [0, 0.05) is 23.2 Å². The number of thiophene rings is 1. The molecule has 0 bridgehead atoms. The molecule has 0 radical (unpaired) electrons. The minimum Gasteiger partial charge on any atom is -0.332 e. The lowest BCUT2D eigenvalue weighted by Crippen LogP contribution is -2.49.